The third-order valence-corrected chi connectivity index (χ3v) is 4.18. The first-order chi connectivity index (χ1) is 10.8. The smallest absolute Gasteiger partial charge is 0.262 e. The van der Waals surface area contributed by atoms with E-state index in [1.807, 2.05) is 48.5 Å². The third-order valence-electron chi connectivity index (χ3n) is 3.08. The van der Waals surface area contributed by atoms with Gasteiger partial charge in [0.25, 0.3) is 5.91 Å². The van der Waals surface area contributed by atoms with Gasteiger partial charge < -0.3 is 10.1 Å². The van der Waals surface area contributed by atoms with Crippen molar-refractivity contribution >= 4 is 29.4 Å². The summed E-state index contributed by atoms with van der Waals surface area (Å²) in [6, 6.07) is 16.9. The van der Waals surface area contributed by atoms with E-state index in [0.29, 0.717) is 10.7 Å². The first-order valence-corrected chi connectivity index (χ1v) is 7.48. The Morgan fingerprint density at radius 1 is 1.18 bits per heavy atom. The van der Waals surface area contributed by atoms with Crippen LogP contribution in [0.15, 0.2) is 58.3 Å². The number of hydrogen-bond acceptors (Lipinski definition) is 4. The van der Waals surface area contributed by atoms with Gasteiger partial charge in [-0.25, -0.2) is 0 Å². The zero-order valence-corrected chi connectivity index (χ0v) is 12.4. The minimum atomic E-state index is -0.140. The highest BCUT2D eigenvalue weighted by molar-refractivity contribution is 8.04. The molecule has 0 bridgehead atoms. The van der Waals surface area contributed by atoms with E-state index in [0.717, 1.165) is 16.1 Å². The lowest BCUT2D eigenvalue weighted by Crippen LogP contribution is -2.17. The molecule has 0 radical (unpaired) electrons. The van der Waals surface area contributed by atoms with Crippen molar-refractivity contribution in [2.75, 3.05) is 11.9 Å². The van der Waals surface area contributed by atoms with Crippen molar-refractivity contribution in [3.8, 4) is 11.8 Å². The number of nitrogens with one attached hydrogen (secondary N) is 1. The standard InChI is InChI=1S/C17H12N2O2S/c18-9-10-21-14-7-3-1-5-12(14)11-16-17(20)19-13-6-2-4-8-15(13)22-16/h1-8,11H,10H2,(H,19,20)/b16-11-. The van der Waals surface area contributed by atoms with E-state index in [4.69, 9.17) is 10.00 Å². The van der Waals surface area contributed by atoms with Crippen LogP contribution in [0.3, 0.4) is 0 Å². The van der Waals surface area contributed by atoms with Crippen LogP contribution in [-0.4, -0.2) is 12.5 Å². The zero-order chi connectivity index (χ0) is 15.4. The number of nitrogens with zero attached hydrogens (tertiary/aromatic N) is 1. The van der Waals surface area contributed by atoms with Crippen LogP contribution in [0.1, 0.15) is 5.56 Å². The van der Waals surface area contributed by atoms with Gasteiger partial charge in [0.15, 0.2) is 6.61 Å². The van der Waals surface area contributed by atoms with Crippen molar-refractivity contribution < 1.29 is 9.53 Å². The molecule has 22 heavy (non-hydrogen) atoms. The highest BCUT2D eigenvalue weighted by atomic mass is 32.2. The second-order valence-corrected chi connectivity index (χ2v) is 5.63. The maximum atomic E-state index is 12.2. The van der Waals surface area contributed by atoms with E-state index in [9.17, 15) is 4.79 Å². The molecule has 2 aromatic rings. The number of para-hydroxylation sites is 2. The molecule has 0 aromatic heterocycles. The SMILES string of the molecule is N#CCOc1ccccc1/C=C1\Sc2ccccc2NC1=O. The summed E-state index contributed by atoms with van der Waals surface area (Å²) in [4.78, 5) is 13.8. The fraction of sp³-hybridized carbons (Fsp3) is 0.0588. The number of amides is 1. The van der Waals surface area contributed by atoms with Crippen LogP contribution in [0.25, 0.3) is 6.08 Å². The van der Waals surface area contributed by atoms with Crippen LogP contribution in [0.4, 0.5) is 5.69 Å². The first-order valence-electron chi connectivity index (χ1n) is 6.66. The van der Waals surface area contributed by atoms with Crippen molar-refractivity contribution in [1.29, 1.82) is 5.26 Å². The quantitative estimate of drug-likeness (QED) is 0.879. The molecule has 2 aromatic carbocycles. The molecule has 0 aliphatic carbocycles. The number of anilines is 1. The largest absolute Gasteiger partial charge is 0.478 e. The van der Waals surface area contributed by atoms with Crippen LogP contribution in [0.2, 0.25) is 0 Å². The Bertz CT molecular complexity index is 793. The van der Waals surface area contributed by atoms with Crippen molar-refractivity contribution in [3.63, 3.8) is 0 Å². The first kappa shape index (κ1) is 14.2. The van der Waals surface area contributed by atoms with Gasteiger partial charge in [0.1, 0.15) is 11.8 Å². The van der Waals surface area contributed by atoms with Gasteiger partial charge in [0, 0.05) is 10.5 Å². The Morgan fingerprint density at radius 3 is 2.82 bits per heavy atom. The maximum Gasteiger partial charge on any atom is 0.262 e. The molecular formula is C17H12N2O2S. The number of carbonyl (C=O) groups is 1. The van der Waals surface area contributed by atoms with Gasteiger partial charge in [-0.3, -0.25) is 4.79 Å². The summed E-state index contributed by atoms with van der Waals surface area (Å²) in [6.45, 7) is -0.0254. The Hall–Kier alpha value is -2.71. The molecule has 5 heteroatoms. The number of thioether (sulfide) groups is 1. The number of nitriles is 1. The molecule has 1 N–H and O–H groups in total. The molecule has 4 nitrogen and oxygen atoms in total. The normalized spacial score (nSPS) is 14.9. The molecule has 1 aliphatic heterocycles. The molecule has 0 atom stereocenters. The third kappa shape index (κ3) is 2.97. The van der Waals surface area contributed by atoms with Crippen LogP contribution in [-0.2, 0) is 4.79 Å². The Labute approximate surface area is 132 Å². The number of fused-ring (bicyclic) bond motifs is 1. The van der Waals surface area contributed by atoms with Crippen LogP contribution in [0.5, 0.6) is 5.75 Å². The summed E-state index contributed by atoms with van der Waals surface area (Å²) >= 11 is 1.42. The van der Waals surface area contributed by atoms with E-state index in [-0.39, 0.29) is 12.5 Å². The minimum absolute atomic E-state index is 0.0254. The lowest BCUT2D eigenvalue weighted by molar-refractivity contribution is -0.112. The van der Waals surface area contributed by atoms with E-state index in [2.05, 4.69) is 5.32 Å². The van der Waals surface area contributed by atoms with Gasteiger partial charge in [0.2, 0.25) is 0 Å². The molecule has 0 saturated carbocycles. The van der Waals surface area contributed by atoms with E-state index >= 15 is 0 Å². The van der Waals surface area contributed by atoms with Crippen LogP contribution < -0.4 is 10.1 Å². The predicted molar refractivity (Wildman–Crippen MR) is 86.5 cm³/mol. The molecule has 0 saturated heterocycles. The summed E-state index contributed by atoms with van der Waals surface area (Å²) in [6.07, 6.45) is 1.78. The molecular weight excluding hydrogens is 296 g/mol. The molecule has 1 heterocycles. The molecule has 1 aliphatic rings. The summed E-state index contributed by atoms with van der Waals surface area (Å²) in [5, 5.41) is 11.5. The summed E-state index contributed by atoms with van der Waals surface area (Å²) < 4.78 is 5.39. The number of benzene rings is 2. The molecule has 0 fully saturated rings. The Morgan fingerprint density at radius 2 is 1.95 bits per heavy atom. The van der Waals surface area contributed by atoms with E-state index in [1.165, 1.54) is 11.8 Å². The predicted octanol–water partition coefficient (Wildman–Crippen LogP) is 3.67. The Kier molecular flexibility index (Phi) is 4.12. The number of carbonyl (C=O) groups excluding carboxylic acids is 1. The van der Waals surface area contributed by atoms with Gasteiger partial charge in [-0.1, -0.05) is 42.1 Å². The second-order valence-electron chi connectivity index (χ2n) is 4.55. The molecule has 1 amide bonds. The van der Waals surface area contributed by atoms with E-state index in [1.54, 1.807) is 12.1 Å². The average molecular weight is 308 g/mol. The molecule has 0 spiro atoms. The fourth-order valence-electron chi connectivity index (χ4n) is 2.09. The minimum Gasteiger partial charge on any atom is -0.478 e. The molecule has 0 unspecified atom stereocenters. The molecule has 108 valence electrons. The highest BCUT2D eigenvalue weighted by Crippen LogP contribution is 2.39. The molecule has 3 rings (SSSR count). The maximum absolute atomic E-state index is 12.2. The monoisotopic (exact) mass is 308 g/mol. The second kappa shape index (κ2) is 6.37. The van der Waals surface area contributed by atoms with Crippen molar-refractivity contribution in [2.24, 2.45) is 0 Å². The van der Waals surface area contributed by atoms with Gasteiger partial charge in [0.05, 0.1) is 10.6 Å². The van der Waals surface area contributed by atoms with Gasteiger partial charge >= 0.3 is 0 Å². The van der Waals surface area contributed by atoms with Gasteiger partial charge in [-0.05, 0) is 24.3 Å². The average Bonchev–Trinajstić information content (AvgIpc) is 2.55. The lowest BCUT2D eigenvalue weighted by atomic mass is 10.2. The van der Waals surface area contributed by atoms with Crippen molar-refractivity contribution in [3.05, 3.63) is 59.0 Å². The van der Waals surface area contributed by atoms with Crippen LogP contribution >= 0.6 is 11.8 Å². The van der Waals surface area contributed by atoms with Gasteiger partial charge in [-0.15, -0.1) is 0 Å². The van der Waals surface area contributed by atoms with Crippen molar-refractivity contribution in [2.45, 2.75) is 4.90 Å². The van der Waals surface area contributed by atoms with Crippen molar-refractivity contribution in [1.82, 2.24) is 0 Å². The van der Waals surface area contributed by atoms with Crippen LogP contribution in [0, 0.1) is 11.3 Å². The Balaban J connectivity index is 1.93. The zero-order valence-electron chi connectivity index (χ0n) is 11.6. The summed E-state index contributed by atoms with van der Waals surface area (Å²) in [5.74, 6) is 0.447. The topological polar surface area (TPSA) is 62.1 Å². The lowest BCUT2D eigenvalue weighted by Gasteiger charge is -2.18. The van der Waals surface area contributed by atoms with Gasteiger partial charge in [-0.2, -0.15) is 5.26 Å². The summed E-state index contributed by atoms with van der Waals surface area (Å²) in [7, 11) is 0. The number of hydrogen-bond donors (Lipinski definition) is 1. The van der Waals surface area contributed by atoms with E-state index < -0.39 is 0 Å². The number of ether oxygens (including phenoxy) is 1. The summed E-state index contributed by atoms with van der Waals surface area (Å²) in [5.41, 5.74) is 1.60. The fourth-order valence-corrected chi connectivity index (χ4v) is 3.03. The highest BCUT2D eigenvalue weighted by Gasteiger charge is 2.20. The number of rotatable bonds is 3.